The summed E-state index contributed by atoms with van der Waals surface area (Å²) < 4.78 is 9.30. The highest BCUT2D eigenvalue weighted by Crippen LogP contribution is 2.28. The number of esters is 1. The van der Waals surface area contributed by atoms with Crippen molar-refractivity contribution in [2.75, 3.05) is 7.11 Å². The minimum absolute atomic E-state index is 0.152. The zero-order valence-corrected chi connectivity index (χ0v) is 19.4. The Balaban J connectivity index is 1.70. The molecular formula is C25H23ClN4O4. The second kappa shape index (κ2) is 8.95. The van der Waals surface area contributed by atoms with Crippen molar-refractivity contribution in [1.82, 2.24) is 18.7 Å². The molecule has 0 radical (unpaired) electrons. The van der Waals surface area contributed by atoms with E-state index in [2.05, 4.69) is 4.98 Å². The molecule has 1 saturated carbocycles. The summed E-state index contributed by atoms with van der Waals surface area (Å²) in [6.07, 6.45) is 5.09. The minimum Gasteiger partial charge on any atom is -0.465 e. The first-order chi connectivity index (χ1) is 16.5. The van der Waals surface area contributed by atoms with Gasteiger partial charge in [-0.3, -0.25) is 9.36 Å². The van der Waals surface area contributed by atoms with Crippen LogP contribution < -0.4 is 11.2 Å². The molecule has 0 spiro atoms. The lowest BCUT2D eigenvalue weighted by atomic mass is 10.1. The maximum atomic E-state index is 13.7. The summed E-state index contributed by atoms with van der Waals surface area (Å²) in [5.74, 6) is -0.414. The van der Waals surface area contributed by atoms with E-state index in [0.717, 1.165) is 31.2 Å². The van der Waals surface area contributed by atoms with Crippen molar-refractivity contribution in [3.8, 4) is 5.69 Å². The lowest BCUT2D eigenvalue weighted by Crippen LogP contribution is -2.42. The number of ether oxygens (including phenoxy) is 1. The van der Waals surface area contributed by atoms with E-state index in [1.807, 2.05) is 0 Å². The fraction of sp³-hybridized carbons (Fsp3) is 0.280. The predicted octanol–water partition coefficient (Wildman–Crippen LogP) is 3.95. The molecular weight excluding hydrogens is 456 g/mol. The van der Waals surface area contributed by atoms with Crippen molar-refractivity contribution < 1.29 is 9.53 Å². The highest BCUT2D eigenvalue weighted by atomic mass is 35.5. The molecule has 0 aliphatic heterocycles. The third-order valence-corrected chi connectivity index (χ3v) is 6.68. The zero-order valence-electron chi connectivity index (χ0n) is 18.6. The lowest BCUT2D eigenvalue weighted by molar-refractivity contribution is 0.0600. The summed E-state index contributed by atoms with van der Waals surface area (Å²) in [5, 5.41) is 0.399. The van der Waals surface area contributed by atoms with Gasteiger partial charge in [0.1, 0.15) is 0 Å². The van der Waals surface area contributed by atoms with E-state index < -0.39 is 11.7 Å². The van der Waals surface area contributed by atoms with Crippen LogP contribution in [-0.2, 0) is 11.3 Å². The average Bonchev–Trinajstić information content (AvgIpc) is 3.51. The molecule has 8 nitrogen and oxygen atoms in total. The second-order valence-electron chi connectivity index (χ2n) is 8.42. The van der Waals surface area contributed by atoms with Gasteiger partial charge in [0.2, 0.25) is 0 Å². The predicted molar refractivity (Wildman–Crippen MR) is 129 cm³/mol. The maximum Gasteiger partial charge on any atom is 0.337 e. The highest BCUT2D eigenvalue weighted by Gasteiger charge is 2.26. The minimum atomic E-state index is -0.426. The van der Waals surface area contributed by atoms with Gasteiger partial charge in [-0.05, 0) is 42.7 Å². The first-order valence-electron chi connectivity index (χ1n) is 11.1. The van der Waals surface area contributed by atoms with Crippen LogP contribution in [0.3, 0.4) is 0 Å². The third-order valence-electron chi connectivity index (χ3n) is 6.36. The Morgan fingerprint density at radius 2 is 1.79 bits per heavy atom. The molecule has 0 amide bonds. The number of methoxy groups -OCH3 is 1. The van der Waals surface area contributed by atoms with Gasteiger partial charge in [0.25, 0.3) is 5.56 Å². The van der Waals surface area contributed by atoms with Crippen LogP contribution in [0.5, 0.6) is 0 Å². The molecule has 9 heteroatoms. The van der Waals surface area contributed by atoms with Gasteiger partial charge in [-0.25, -0.2) is 19.1 Å². The van der Waals surface area contributed by atoms with E-state index in [9.17, 15) is 14.4 Å². The third kappa shape index (κ3) is 3.74. The first kappa shape index (κ1) is 22.2. The number of benzene rings is 2. The molecule has 34 heavy (non-hydrogen) atoms. The van der Waals surface area contributed by atoms with Gasteiger partial charge in [0.15, 0.2) is 11.2 Å². The van der Waals surface area contributed by atoms with Crippen LogP contribution >= 0.6 is 11.6 Å². The summed E-state index contributed by atoms with van der Waals surface area (Å²) >= 11 is 6.45. The summed E-state index contributed by atoms with van der Waals surface area (Å²) in [7, 11) is 1.34. The van der Waals surface area contributed by atoms with E-state index in [0.29, 0.717) is 28.3 Å². The van der Waals surface area contributed by atoms with Crippen molar-refractivity contribution in [2.45, 2.75) is 38.3 Å². The SMILES string of the molecule is COC(=O)c1ccc(Cn2cnc3c2c(=O)n(C2CCCC2)c(=O)n3-c2ccccc2Cl)cc1. The number of imidazole rings is 1. The number of carbonyl (C=O) groups is 1. The number of hydrogen-bond acceptors (Lipinski definition) is 5. The Morgan fingerprint density at radius 3 is 2.47 bits per heavy atom. The Hall–Kier alpha value is -3.65. The highest BCUT2D eigenvalue weighted by molar-refractivity contribution is 6.32. The molecule has 4 aromatic rings. The number of hydrogen-bond donors (Lipinski definition) is 0. The second-order valence-corrected chi connectivity index (χ2v) is 8.82. The first-order valence-corrected chi connectivity index (χ1v) is 11.5. The molecule has 5 rings (SSSR count). The molecule has 1 aliphatic rings. The summed E-state index contributed by atoms with van der Waals surface area (Å²) in [4.78, 5) is 43.5. The van der Waals surface area contributed by atoms with E-state index in [4.69, 9.17) is 16.3 Å². The molecule has 174 valence electrons. The fourth-order valence-electron chi connectivity index (χ4n) is 4.67. The average molecular weight is 479 g/mol. The molecule has 0 bridgehead atoms. The van der Waals surface area contributed by atoms with Crippen molar-refractivity contribution >= 4 is 28.7 Å². The molecule has 0 N–H and O–H groups in total. The molecule has 1 aliphatic carbocycles. The van der Waals surface area contributed by atoms with E-state index >= 15 is 0 Å². The van der Waals surface area contributed by atoms with Gasteiger partial charge in [-0.1, -0.05) is 48.7 Å². The smallest absolute Gasteiger partial charge is 0.337 e. The largest absolute Gasteiger partial charge is 0.465 e. The van der Waals surface area contributed by atoms with E-state index in [1.54, 1.807) is 59.4 Å². The number of aromatic nitrogens is 4. The van der Waals surface area contributed by atoms with Crippen LogP contribution in [0, 0.1) is 0 Å². The van der Waals surface area contributed by atoms with Gasteiger partial charge in [0.05, 0.1) is 29.7 Å². The van der Waals surface area contributed by atoms with Crippen LogP contribution in [0.1, 0.15) is 47.6 Å². The zero-order chi connectivity index (χ0) is 23.8. The number of nitrogens with zero attached hydrogens (tertiary/aromatic N) is 4. The van der Waals surface area contributed by atoms with Crippen molar-refractivity contribution in [3.05, 3.63) is 91.8 Å². The Bertz CT molecular complexity index is 1490. The van der Waals surface area contributed by atoms with Crippen LogP contribution in [0.25, 0.3) is 16.9 Å². The number of carbonyl (C=O) groups excluding carboxylic acids is 1. The number of halogens is 1. The maximum absolute atomic E-state index is 13.7. The van der Waals surface area contributed by atoms with Gasteiger partial charge in [0, 0.05) is 12.6 Å². The van der Waals surface area contributed by atoms with Crippen molar-refractivity contribution in [1.29, 1.82) is 0 Å². The molecule has 0 atom stereocenters. The standard InChI is InChI=1S/C25H23ClN4O4/c1-34-24(32)17-12-10-16(11-13-17)14-28-15-27-22-21(28)23(31)29(18-6-2-3-7-18)25(33)30(22)20-9-5-4-8-19(20)26/h4-5,8-13,15,18H,2-3,6-7,14H2,1H3. The monoisotopic (exact) mass is 478 g/mol. The molecule has 0 unspecified atom stereocenters. The number of para-hydroxylation sites is 1. The summed E-state index contributed by atoms with van der Waals surface area (Å²) in [5.41, 5.74) is 1.63. The van der Waals surface area contributed by atoms with Crippen LogP contribution in [0.2, 0.25) is 5.02 Å². The van der Waals surface area contributed by atoms with Gasteiger partial charge >= 0.3 is 11.7 Å². The Labute approximate surface area is 200 Å². The van der Waals surface area contributed by atoms with Gasteiger partial charge < -0.3 is 9.30 Å². The van der Waals surface area contributed by atoms with Crippen LogP contribution in [0.15, 0.2) is 64.4 Å². The summed E-state index contributed by atoms with van der Waals surface area (Å²) in [6, 6.07) is 13.9. The lowest BCUT2D eigenvalue weighted by Gasteiger charge is -2.17. The summed E-state index contributed by atoms with van der Waals surface area (Å²) in [6.45, 7) is 0.346. The quantitative estimate of drug-likeness (QED) is 0.405. The van der Waals surface area contributed by atoms with Crippen molar-refractivity contribution in [3.63, 3.8) is 0 Å². The molecule has 1 fully saturated rings. The Kier molecular flexibility index (Phi) is 5.83. The number of rotatable bonds is 5. The Morgan fingerprint density at radius 1 is 1.09 bits per heavy atom. The van der Waals surface area contributed by atoms with E-state index in [-0.39, 0.29) is 17.2 Å². The molecule has 2 heterocycles. The van der Waals surface area contributed by atoms with Gasteiger partial charge in [-0.15, -0.1) is 0 Å². The fourth-order valence-corrected chi connectivity index (χ4v) is 4.89. The topological polar surface area (TPSA) is 88.1 Å². The number of fused-ring (bicyclic) bond motifs is 1. The van der Waals surface area contributed by atoms with Crippen LogP contribution in [-0.4, -0.2) is 31.8 Å². The van der Waals surface area contributed by atoms with E-state index in [1.165, 1.54) is 16.2 Å². The van der Waals surface area contributed by atoms with Crippen molar-refractivity contribution in [2.24, 2.45) is 0 Å². The van der Waals surface area contributed by atoms with Crippen LogP contribution in [0.4, 0.5) is 0 Å². The molecule has 2 aromatic heterocycles. The molecule has 2 aromatic carbocycles. The normalized spacial score (nSPS) is 14.1. The van der Waals surface area contributed by atoms with Gasteiger partial charge in [-0.2, -0.15) is 0 Å². The molecule has 0 saturated heterocycles.